The number of furan rings is 1. The number of hydrogen-bond acceptors (Lipinski definition) is 3. The molecule has 1 N–H and O–H groups in total. The molecule has 2 heterocycles. The highest BCUT2D eigenvalue weighted by molar-refractivity contribution is 7.26. The molecule has 0 saturated carbocycles. The van der Waals surface area contributed by atoms with E-state index in [0.717, 1.165) is 76.5 Å². The second kappa shape index (κ2) is 14.2. The Morgan fingerprint density at radius 2 is 1.07 bits per heavy atom. The number of hydrogen-bond donors (Lipinski definition) is 1. The van der Waals surface area contributed by atoms with Crippen LogP contribution in [0.4, 0.5) is 0 Å². The number of benzene rings is 8. The Balaban J connectivity index is 1.11. The molecule has 0 atom stereocenters. The standard InChI is InChI=1S/C51H33N3OS/c52-50(38-24-26-47-45(31-38)44-30-37(23-25-46(44)55-47)34-13-4-1-5-14-34)54-51(43-21-12-20-42-41-19-10-11-22-48(41)56-49(42)43)53-32-33-27-39(35-15-6-2-7-16-35)29-40(28-33)36-17-8-3-9-18-36/h1-32,52H. The normalized spacial score (nSPS) is 12.0. The Bertz CT molecular complexity index is 3080. The van der Waals surface area contributed by atoms with Crippen LogP contribution in [0.2, 0.25) is 0 Å². The van der Waals surface area contributed by atoms with Gasteiger partial charge in [0, 0.05) is 48.3 Å². The fourth-order valence-electron chi connectivity index (χ4n) is 7.44. The molecule has 0 aliphatic rings. The monoisotopic (exact) mass is 735 g/mol. The van der Waals surface area contributed by atoms with Gasteiger partial charge in [0.15, 0.2) is 11.7 Å². The van der Waals surface area contributed by atoms with Crippen molar-refractivity contribution in [1.82, 2.24) is 0 Å². The SMILES string of the molecule is N=C(N=C(N=Cc1cc(-c2ccccc2)cc(-c2ccccc2)c1)c1cccc2c1sc1ccccc12)c1ccc2oc3ccc(-c4ccccc4)cc3c2c1. The fraction of sp³-hybridized carbons (Fsp3) is 0. The molecule has 10 rings (SSSR count). The van der Waals surface area contributed by atoms with Gasteiger partial charge in [0.1, 0.15) is 11.2 Å². The van der Waals surface area contributed by atoms with Crippen LogP contribution < -0.4 is 0 Å². The van der Waals surface area contributed by atoms with E-state index in [1.54, 1.807) is 11.3 Å². The van der Waals surface area contributed by atoms with Gasteiger partial charge in [-0.25, -0.2) is 9.98 Å². The maximum absolute atomic E-state index is 9.43. The number of amidine groups is 2. The Morgan fingerprint density at radius 1 is 0.482 bits per heavy atom. The molecule has 2 aromatic heterocycles. The van der Waals surface area contributed by atoms with Gasteiger partial charge in [0.25, 0.3) is 0 Å². The number of fused-ring (bicyclic) bond motifs is 6. The lowest BCUT2D eigenvalue weighted by Gasteiger charge is -2.09. The molecule has 10 aromatic rings. The van der Waals surface area contributed by atoms with Gasteiger partial charge in [-0.05, 0) is 99.6 Å². The predicted molar refractivity (Wildman–Crippen MR) is 237 cm³/mol. The van der Waals surface area contributed by atoms with E-state index in [0.29, 0.717) is 11.4 Å². The van der Waals surface area contributed by atoms with Crippen molar-refractivity contribution in [2.45, 2.75) is 0 Å². The van der Waals surface area contributed by atoms with Crippen LogP contribution in [0.5, 0.6) is 0 Å². The first-order chi connectivity index (χ1) is 27.6. The van der Waals surface area contributed by atoms with Crippen LogP contribution in [0, 0.1) is 5.41 Å². The van der Waals surface area contributed by atoms with Crippen molar-refractivity contribution >= 4 is 71.3 Å². The van der Waals surface area contributed by atoms with Crippen LogP contribution in [-0.4, -0.2) is 17.9 Å². The molecule has 0 bridgehead atoms. The minimum absolute atomic E-state index is 0.119. The van der Waals surface area contributed by atoms with Crippen LogP contribution in [0.25, 0.3) is 75.5 Å². The highest BCUT2D eigenvalue weighted by Gasteiger charge is 2.16. The summed E-state index contributed by atoms with van der Waals surface area (Å²) in [6.07, 6.45) is 1.88. The quantitative estimate of drug-likeness (QED) is 0.134. The van der Waals surface area contributed by atoms with Gasteiger partial charge < -0.3 is 4.42 Å². The van der Waals surface area contributed by atoms with Crippen molar-refractivity contribution in [1.29, 1.82) is 5.41 Å². The van der Waals surface area contributed by atoms with Gasteiger partial charge in [-0.2, -0.15) is 0 Å². The fourth-order valence-corrected chi connectivity index (χ4v) is 8.66. The minimum atomic E-state index is 0.119. The minimum Gasteiger partial charge on any atom is -0.456 e. The van der Waals surface area contributed by atoms with E-state index >= 15 is 0 Å². The third-order valence-electron chi connectivity index (χ3n) is 10.2. The number of nitrogens with one attached hydrogen (secondary N) is 1. The van der Waals surface area contributed by atoms with Gasteiger partial charge in [0.2, 0.25) is 0 Å². The average Bonchev–Trinajstić information content (AvgIpc) is 3.84. The lowest BCUT2D eigenvalue weighted by Crippen LogP contribution is -2.05. The van der Waals surface area contributed by atoms with Crippen molar-refractivity contribution in [2.75, 3.05) is 0 Å². The van der Waals surface area contributed by atoms with Gasteiger partial charge in [-0.1, -0.05) is 127 Å². The molecule has 0 spiro atoms. The summed E-state index contributed by atoms with van der Waals surface area (Å²) < 4.78 is 8.53. The van der Waals surface area contributed by atoms with Crippen LogP contribution in [0.1, 0.15) is 16.7 Å². The van der Waals surface area contributed by atoms with Gasteiger partial charge in [-0.3, -0.25) is 5.41 Å². The molecule has 0 aliphatic heterocycles. The Labute approximate surface area is 327 Å². The van der Waals surface area contributed by atoms with Crippen LogP contribution >= 0.6 is 11.3 Å². The number of rotatable bonds is 6. The summed E-state index contributed by atoms with van der Waals surface area (Å²) in [5.74, 6) is 0.593. The molecule has 264 valence electrons. The highest BCUT2D eigenvalue weighted by atomic mass is 32.1. The summed E-state index contributed by atoms with van der Waals surface area (Å²) in [5.41, 5.74) is 10.8. The van der Waals surface area contributed by atoms with Crippen LogP contribution in [0.3, 0.4) is 0 Å². The summed E-state index contributed by atoms with van der Waals surface area (Å²) >= 11 is 1.73. The number of nitrogens with zero attached hydrogens (tertiary/aromatic N) is 2. The van der Waals surface area contributed by atoms with E-state index < -0.39 is 0 Å². The zero-order valence-corrected chi connectivity index (χ0v) is 31.0. The average molecular weight is 736 g/mol. The maximum atomic E-state index is 9.43. The summed E-state index contributed by atoms with van der Waals surface area (Å²) in [6.45, 7) is 0. The zero-order valence-electron chi connectivity index (χ0n) is 30.2. The first-order valence-electron chi connectivity index (χ1n) is 18.5. The molecule has 0 fully saturated rings. The molecule has 0 unspecified atom stereocenters. The van der Waals surface area contributed by atoms with E-state index in [1.807, 2.05) is 60.8 Å². The molecular formula is C51H33N3OS. The summed E-state index contributed by atoms with van der Waals surface area (Å²) in [7, 11) is 0. The Hall–Kier alpha value is -7.21. The molecule has 56 heavy (non-hydrogen) atoms. The summed E-state index contributed by atoms with van der Waals surface area (Å²) in [6, 6.07) is 64.6. The van der Waals surface area contributed by atoms with E-state index in [1.165, 1.54) is 10.1 Å². The van der Waals surface area contributed by atoms with Crippen LogP contribution in [-0.2, 0) is 0 Å². The summed E-state index contributed by atoms with van der Waals surface area (Å²) in [5, 5.41) is 13.7. The Morgan fingerprint density at radius 3 is 1.77 bits per heavy atom. The lowest BCUT2D eigenvalue weighted by molar-refractivity contribution is 0.669. The largest absolute Gasteiger partial charge is 0.456 e. The molecule has 0 amide bonds. The van der Waals surface area contributed by atoms with E-state index in [-0.39, 0.29) is 5.84 Å². The van der Waals surface area contributed by atoms with Gasteiger partial charge in [-0.15, -0.1) is 11.3 Å². The van der Waals surface area contributed by atoms with Crippen molar-refractivity contribution in [3.8, 4) is 33.4 Å². The smallest absolute Gasteiger partial charge is 0.163 e. The highest BCUT2D eigenvalue weighted by Crippen LogP contribution is 2.37. The first-order valence-corrected chi connectivity index (χ1v) is 19.4. The second-order valence-corrected chi connectivity index (χ2v) is 14.8. The molecule has 0 saturated heterocycles. The van der Waals surface area contributed by atoms with Crippen molar-refractivity contribution < 1.29 is 4.42 Å². The topological polar surface area (TPSA) is 61.7 Å². The van der Waals surface area contributed by atoms with Gasteiger partial charge in [0.05, 0.1) is 0 Å². The third kappa shape index (κ3) is 6.30. The zero-order chi connectivity index (χ0) is 37.4. The van der Waals surface area contributed by atoms with Crippen molar-refractivity contribution in [2.24, 2.45) is 9.98 Å². The third-order valence-corrected chi connectivity index (χ3v) is 11.4. The van der Waals surface area contributed by atoms with Crippen molar-refractivity contribution in [3.63, 3.8) is 0 Å². The van der Waals surface area contributed by atoms with Crippen LogP contribution in [0.15, 0.2) is 202 Å². The number of aliphatic imine (C=N–C) groups is 2. The Kier molecular flexibility index (Phi) is 8.47. The van der Waals surface area contributed by atoms with E-state index in [2.05, 4.69) is 133 Å². The number of thiophene rings is 1. The predicted octanol–water partition coefficient (Wildman–Crippen LogP) is 13.8. The molecule has 0 radical (unpaired) electrons. The second-order valence-electron chi connectivity index (χ2n) is 13.8. The lowest BCUT2D eigenvalue weighted by atomic mass is 9.96. The van der Waals surface area contributed by atoms with Crippen molar-refractivity contribution in [3.05, 3.63) is 205 Å². The van der Waals surface area contributed by atoms with E-state index in [9.17, 15) is 5.41 Å². The molecule has 4 nitrogen and oxygen atoms in total. The van der Waals surface area contributed by atoms with E-state index in [4.69, 9.17) is 14.4 Å². The van der Waals surface area contributed by atoms with Gasteiger partial charge >= 0.3 is 0 Å². The molecule has 0 aliphatic carbocycles. The first kappa shape index (κ1) is 33.4. The summed E-state index contributed by atoms with van der Waals surface area (Å²) in [4.78, 5) is 10.2. The molecular weight excluding hydrogens is 703 g/mol. The molecule has 8 aromatic carbocycles. The maximum Gasteiger partial charge on any atom is 0.163 e. The molecule has 5 heteroatoms.